The van der Waals surface area contributed by atoms with E-state index in [1.54, 1.807) is 0 Å². The number of carboxylic acid groups (broad SMARTS) is 1. The van der Waals surface area contributed by atoms with Gasteiger partial charge in [0.05, 0.1) is 11.8 Å². The maximum absolute atomic E-state index is 12.6. The molecule has 0 spiro atoms. The fourth-order valence-electron chi connectivity index (χ4n) is 2.70. The second-order valence-corrected chi connectivity index (χ2v) is 6.40. The number of carbonyl (C=O) groups is 2. The van der Waals surface area contributed by atoms with Crippen molar-refractivity contribution in [2.75, 3.05) is 0 Å². The first-order valence-corrected chi connectivity index (χ1v) is 8.05. The molecule has 1 amide bonds. The summed E-state index contributed by atoms with van der Waals surface area (Å²) in [7, 11) is 0. The lowest BCUT2D eigenvalue weighted by atomic mass is 10.1. The molecule has 1 aliphatic rings. The number of aromatic carboxylic acids is 1. The molecule has 1 aromatic heterocycles. The minimum Gasteiger partial charge on any atom is -0.478 e. The van der Waals surface area contributed by atoms with Crippen molar-refractivity contribution in [1.29, 1.82) is 0 Å². The second-order valence-electron chi connectivity index (χ2n) is 6.40. The van der Waals surface area contributed by atoms with Gasteiger partial charge >= 0.3 is 5.97 Å². The van der Waals surface area contributed by atoms with Gasteiger partial charge in [-0.15, -0.1) is 0 Å². The van der Waals surface area contributed by atoms with E-state index >= 15 is 0 Å². The quantitative estimate of drug-likeness (QED) is 0.884. The lowest BCUT2D eigenvalue weighted by Crippen LogP contribution is -2.35. The number of rotatable bonds is 6. The van der Waals surface area contributed by atoms with E-state index in [1.807, 2.05) is 4.90 Å². The van der Waals surface area contributed by atoms with E-state index in [2.05, 4.69) is 37.1 Å². The Kier molecular flexibility index (Phi) is 4.38. The van der Waals surface area contributed by atoms with E-state index in [0.29, 0.717) is 6.54 Å². The number of carboxylic acids is 1. The summed E-state index contributed by atoms with van der Waals surface area (Å²) in [4.78, 5) is 25.4. The van der Waals surface area contributed by atoms with Crippen molar-refractivity contribution in [2.45, 2.75) is 45.8 Å². The monoisotopic (exact) mass is 327 g/mol. The molecular formula is C18H21N3O3. The third-order valence-electron chi connectivity index (χ3n) is 4.41. The molecular weight excluding hydrogens is 306 g/mol. The van der Waals surface area contributed by atoms with Gasteiger partial charge in [0.2, 0.25) is 5.91 Å². The molecule has 24 heavy (non-hydrogen) atoms. The Balaban J connectivity index is 1.71. The Bertz CT molecular complexity index is 778. The molecule has 1 heterocycles. The zero-order chi connectivity index (χ0) is 17.3. The fourth-order valence-corrected chi connectivity index (χ4v) is 2.70. The number of nitrogens with zero attached hydrogens (tertiary/aromatic N) is 3. The van der Waals surface area contributed by atoms with E-state index in [9.17, 15) is 9.59 Å². The molecule has 0 unspecified atom stereocenters. The van der Waals surface area contributed by atoms with Crippen LogP contribution in [-0.4, -0.2) is 37.7 Å². The van der Waals surface area contributed by atoms with Crippen LogP contribution >= 0.6 is 0 Å². The van der Waals surface area contributed by atoms with Crippen molar-refractivity contribution in [3.63, 3.8) is 0 Å². The number of aromatic nitrogens is 2. The third-order valence-corrected chi connectivity index (χ3v) is 4.41. The van der Waals surface area contributed by atoms with Crippen LogP contribution in [0, 0.1) is 13.8 Å². The van der Waals surface area contributed by atoms with Gasteiger partial charge in [-0.3, -0.25) is 9.48 Å². The van der Waals surface area contributed by atoms with Crippen molar-refractivity contribution in [1.82, 2.24) is 14.7 Å². The van der Waals surface area contributed by atoms with Crippen LogP contribution in [0.3, 0.4) is 0 Å². The molecule has 6 nitrogen and oxygen atoms in total. The number of aryl methyl sites for hydroxylation is 2. The molecule has 0 saturated heterocycles. The molecule has 0 bridgehead atoms. The molecule has 0 atom stereocenters. The minimum atomic E-state index is -1.04. The van der Waals surface area contributed by atoms with E-state index in [-0.39, 0.29) is 24.1 Å². The van der Waals surface area contributed by atoms with Crippen LogP contribution in [0.5, 0.6) is 0 Å². The van der Waals surface area contributed by atoms with Crippen molar-refractivity contribution in [3.8, 4) is 0 Å². The molecule has 1 fully saturated rings. The number of amides is 1. The summed E-state index contributed by atoms with van der Waals surface area (Å²) < 4.78 is 1.39. The van der Waals surface area contributed by atoms with E-state index in [1.165, 1.54) is 28.2 Å². The SMILES string of the molecule is Cc1ccc(CN(C(=O)Cn2cc(C(=O)O)cn2)C2CC2)cc1C. The molecule has 1 saturated carbocycles. The molecule has 1 N–H and O–H groups in total. The van der Waals surface area contributed by atoms with E-state index in [0.717, 1.165) is 18.4 Å². The van der Waals surface area contributed by atoms with Gasteiger partial charge in [-0.05, 0) is 43.4 Å². The summed E-state index contributed by atoms with van der Waals surface area (Å²) in [5.41, 5.74) is 3.66. The molecule has 1 aliphatic carbocycles. The predicted octanol–water partition coefficient (Wildman–Crippen LogP) is 2.39. The first-order chi connectivity index (χ1) is 11.4. The average molecular weight is 327 g/mol. The van der Waals surface area contributed by atoms with Crippen molar-refractivity contribution in [2.24, 2.45) is 0 Å². The average Bonchev–Trinajstić information content (AvgIpc) is 3.26. The van der Waals surface area contributed by atoms with Crippen LogP contribution < -0.4 is 0 Å². The second kappa shape index (κ2) is 6.47. The first-order valence-electron chi connectivity index (χ1n) is 8.05. The molecule has 2 aromatic rings. The van der Waals surface area contributed by atoms with Gasteiger partial charge in [0.15, 0.2) is 0 Å². The summed E-state index contributed by atoms with van der Waals surface area (Å²) in [6, 6.07) is 6.54. The summed E-state index contributed by atoms with van der Waals surface area (Å²) in [5, 5.41) is 12.9. The summed E-state index contributed by atoms with van der Waals surface area (Å²) in [5.74, 6) is -1.07. The first kappa shape index (κ1) is 16.2. The van der Waals surface area contributed by atoms with Gasteiger partial charge < -0.3 is 10.0 Å². The topological polar surface area (TPSA) is 75.4 Å². The maximum Gasteiger partial charge on any atom is 0.338 e. The summed E-state index contributed by atoms with van der Waals surface area (Å²) in [6.45, 7) is 4.78. The van der Waals surface area contributed by atoms with Gasteiger partial charge in [-0.25, -0.2) is 4.79 Å². The predicted molar refractivity (Wildman–Crippen MR) is 88.7 cm³/mol. The van der Waals surface area contributed by atoms with E-state index < -0.39 is 5.97 Å². The fraction of sp³-hybridized carbons (Fsp3) is 0.389. The van der Waals surface area contributed by atoms with Gasteiger partial charge in [-0.2, -0.15) is 5.10 Å². The number of carbonyl (C=O) groups excluding carboxylic acids is 1. The Hall–Kier alpha value is -2.63. The highest BCUT2D eigenvalue weighted by Crippen LogP contribution is 2.29. The minimum absolute atomic E-state index is 0.0317. The lowest BCUT2D eigenvalue weighted by Gasteiger charge is -2.23. The Morgan fingerprint density at radius 2 is 2.04 bits per heavy atom. The zero-order valence-electron chi connectivity index (χ0n) is 13.9. The standard InChI is InChI=1S/C18H21N3O3/c1-12-3-4-14(7-13(12)2)9-21(16-5-6-16)17(22)11-20-10-15(8-19-20)18(23)24/h3-4,7-8,10,16H,5-6,9,11H2,1-2H3,(H,23,24). The van der Waals surface area contributed by atoms with Crippen LogP contribution in [0.15, 0.2) is 30.6 Å². The van der Waals surface area contributed by atoms with Crippen LogP contribution in [0.4, 0.5) is 0 Å². The molecule has 0 radical (unpaired) electrons. The van der Waals surface area contributed by atoms with Gasteiger partial charge in [0.1, 0.15) is 6.54 Å². The van der Waals surface area contributed by atoms with Crippen LogP contribution in [0.25, 0.3) is 0 Å². The third kappa shape index (κ3) is 3.64. The normalized spacial score (nSPS) is 13.8. The number of benzene rings is 1. The van der Waals surface area contributed by atoms with E-state index in [4.69, 9.17) is 5.11 Å². The Labute approximate surface area is 140 Å². The van der Waals surface area contributed by atoms with Crippen molar-refractivity contribution >= 4 is 11.9 Å². The van der Waals surface area contributed by atoms with Crippen molar-refractivity contribution in [3.05, 3.63) is 52.8 Å². The van der Waals surface area contributed by atoms with Crippen molar-refractivity contribution < 1.29 is 14.7 Å². The molecule has 3 rings (SSSR count). The largest absolute Gasteiger partial charge is 0.478 e. The highest BCUT2D eigenvalue weighted by Gasteiger charge is 2.32. The van der Waals surface area contributed by atoms with Crippen LogP contribution in [0.1, 0.15) is 39.9 Å². The van der Waals surface area contributed by atoms with Crippen LogP contribution in [-0.2, 0) is 17.9 Å². The molecule has 0 aliphatic heterocycles. The lowest BCUT2D eigenvalue weighted by molar-refractivity contribution is -0.133. The van der Waals surface area contributed by atoms with Gasteiger partial charge in [-0.1, -0.05) is 18.2 Å². The highest BCUT2D eigenvalue weighted by molar-refractivity contribution is 5.87. The summed E-state index contributed by atoms with van der Waals surface area (Å²) >= 11 is 0. The maximum atomic E-state index is 12.6. The number of hydrogen-bond donors (Lipinski definition) is 1. The smallest absolute Gasteiger partial charge is 0.338 e. The molecule has 6 heteroatoms. The number of hydrogen-bond acceptors (Lipinski definition) is 3. The Morgan fingerprint density at radius 3 is 2.62 bits per heavy atom. The van der Waals surface area contributed by atoms with Gasteiger partial charge in [0.25, 0.3) is 0 Å². The molecule has 1 aromatic carbocycles. The summed E-state index contributed by atoms with van der Waals surface area (Å²) in [6.07, 6.45) is 4.70. The highest BCUT2D eigenvalue weighted by atomic mass is 16.4. The van der Waals surface area contributed by atoms with Gasteiger partial charge in [0, 0.05) is 18.8 Å². The molecule has 126 valence electrons. The van der Waals surface area contributed by atoms with Crippen LogP contribution in [0.2, 0.25) is 0 Å². The zero-order valence-corrected chi connectivity index (χ0v) is 13.9. The Morgan fingerprint density at radius 1 is 1.29 bits per heavy atom.